The maximum atomic E-state index is 14.5. The van der Waals surface area contributed by atoms with Gasteiger partial charge in [-0.3, -0.25) is 0 Å². The van der Waals surface area contributed by atoms with Crippen LogP contribution in [0.1, 0.15) is 24.0 Å². The van der Waals surface area contributed by atoms with Gasteiger partial charge >= 0.3 is 0 Å². The first-order valence-electron chi connectivity index (χ1n) is 11.8. The molecule has 1 saturated heterocycles. The van der Waals surface area contributed by atoms with Crippen LogP contribution in [-0.2, 0) is 15.1 Å². The first kappa shape index (κ1) is 25.5. The molecule has 1 heterocycles. The Labute approximate surface area is 211 Å². The molecule has 4 nitrogen and oxygen atoms in total. The summed E-state index contributed by atoms with van der Waals surface area (Å²) in [5, 5.41) is 0. The summed E-state index contributed by atoms with van der Waals surface area (Å²) in [7, 11) is 5.78. The molecule has 0 atom stereocenters. The number of hydrogen-bond acceptors (Lipinski definition) is 5. The van der Waals surface area contributed by atoms with Gasteiger partial charge in [-0.15, -0.1) is 0 Å². The first-order valence-corrected chi connectivity index (χ1v) is 12.6. The quantitative estimate of drug-likeness (QED) is 0.320. The summed E-state index contributed by atoms with van der Waals surface area (Å²) in [5.41, 5.74) is 1.51. The summed E-state index contributed by atoms with van der Waals surface area (Å²) < 4.78 is 31.8. The van der Waals surface area contributed by atoms with Crippen LogP contribution in [0.2, 0.25) is 0 Å². The first-order chi connectivity index (χ1) is 17.0. The van der Waals surface area contributed by atoms with Gasteiger partial charge in [0.25, 0.3) is 0 Å². The number of likely N-dealkylation sites (N-methyl/N-ethyl adjacent to an activating group) is 1. The molecule has 1 aliphatic heterocycles. The van der Waals surface area contributed by atoms with Crippen LogP contribution in [0.25, 0.3) is 6.08 Å². The lowest BCUT2D eigenvalue weighted by molar-refractivity contribution is -0.0950. The van der Waals surface area contributed by atoms with Crippen molar-refractivity contribution >= 4 is 17.8 Å². The van der Waals surface area contributed by atoms with Gasteiger partial charge in [0.15, 0.2) is 0 Å². The predicted octanol–water partition coefficient (Wildman–Crippen LogP) is 7.00. The van der Waals surface area contributed by atoms with Crippen LogP contribution < -0.4 is 4.74 Å². The van der Waals surface area contributed by atoms with Crippen LogP contribution in [0.4, 0.5) is 4.39 Å². The fraction of sp³-hybridized carbons (Fsp3) is 0.310. The maximum Gasteiger partial charge on any atom is 0.127 e. The fourth-order valence-electron chi connectivity index (χ4n) is 4.09. The monoisotopic (exact) mass is 493 g/mol. The minimum absolute atomic E-state index is 0.257. The van der Waals surface area contributed by atoms with E-state index in [9.17, 15) is 4.39 Å². The summed E-state index contributed by atoms with van der Waals surface area (Å²) in [6, 6.07) is 21.0. The van der Waals surface area contributed by atoms with Crippen molar-refractivity contribution in [3.8, 4) is 11.5 Å². The summed E-state index contributed by atoms with van der Waals surface area (Å²) in [4.78, 5) is 3.97. The van der Waals surface area contributed by atoms with Crippen LogP contribution >= 0.6 is 11.8 Å². The molecule has 0 saturated carbocycles. The SMILES string of the molecule is COC1(c2cc(F)cc(Sc3ccc(Oc4ccc(C=CCN(C)C)cc4)cc3)c2)CCOCC1. The third kappa shape index (κ3) is 6.95. The molecule has 0 N–H and O–H groups in total. The highest BCUT2D eigenvalue weighted by Gasteiger charge is 2.35. The second kappa shape index (κ2) is 11.9. The maximum absolute atomic E-state index is 14.5. The van der Waals surface area contributed by atoms with Gasteiger partial charge in [0, 0.05) is 49.5 Å². The van der Waals surface area contributed by atoms with E-state index in [0.717, 1.165) is 51.8 Å². The molecular weight excluding hydrogens is 461 g/mol. The number of halogens is 1. The molecule has 35 heavy (non-hydrogen) atoms. The van der Waals surface area contributed by atoms with Crippen molar-refractivity contribution in [2.75, 3.05) is 41.0 Å². The molecule has 0 unspecified atom stereocenters. The molecule has 3 aromatic carbocycles. The summed E-state index contributed by atoms with van der Waals surface area (Å²) in [5.74, 6) is 1.28. The lowest BCUT2D eigenvalue weighted by atomic mass is 9.86. The highest BCUT2D eigenvalue weighted by atomic mass is 32.2. The zero-order valence-electron chi connectivity index (χ0n) is 20.5. The standard InChI is InChI=1S/C29H32FNO3S/c1-31(2)16-4-5-22-6-8-25(9-7-22)34-26-10-12-27(13-11-26)35-28-20-23(19-24(30)21-28)29(32-3)14-17-33-18-15-29/h4-13,19-21H,14-18H2,1-3H3. The van der Waals surface area contributed by atoms with Crippen molar-refractivity contribution in [1.82, 2.24) is 4.90 Å². The van der Waals surface area contributed by atoms with Crippen LogP contribution in [0, 0.1) is 5.82 Å². The zero-order chi connectivity index (χ0) is 24.7. The molecule has 4 rings (SSSR count). The molecule has 0 spiro atoms. The smallest absolute Gasteiger partial charge is 0.127 e. The minimum Gasteiger partial charge on any atom is -0.457 e. The van der Waals surface area contributed by atoms with E-state index in [0.29, 0.717) is 13.2 Å². The number of nitrogens with zero attached hydrogens (tertiary/aromatic N) is 1. The van der Waals surface area contributed by atoms with E-state index >= 15 is 0 Å². The van der Waals surface area contributed by atoms with Gasteiger partial charge in [0.1, 0.15) is 17.3 Å². The second-order valence-electron chi connectivity index (χ2n) is 8.90. The van der Waals surface area contributed by atoms with Gasteiger partial charge in [-0.25, -0.2) is 4.39 Å². The summed E-state index contributed by atoms with van der Waals surface area (Å²) in [6.45, 7) is 2.14. The Morgan fingerprint density at radius 3 is 2.23 bits per heavy atom. The van der Waals surface area contributed by atoms with Gasteiger partial charge < -0.3 is 19.1 Å². The molecule has 1 aliphatic rings. The van der Waals surface area contributed by atoms with Crippen molar-refractivity contribution in [3.63, 3.8) is 0 Å². The Bertz CT molecular complexity index is 1120. The molecular formula is C29H32FNO3S. The highest BCUT2D eigenvalue weighted by molar-refractivity contribution is 7.99. The average molecular weight is 494 g/mol. The highest BCUT2D eigenvalue weighted by Crippen LogP contribution is 2.39. The van der Waals surface area contributed by atoms with Gasteiger partial charge in [-0.05, 0) is 79.8 Å². The van der Waals surface area contributed by atoms with E-state index in [4.69, 9.17) is 14.2 Å². The van der Waals surface area contributed by atoms with E-state index < -0.39 is 5.60 Å². The normalized spacial score (nSPS) is 15.6. The molecule has 0 amide bonds. The number of benzene rings is 3. The Balaban J connectivity index is 1.41. The molecule has 184 valence electrons. The van der Waals surface area contributed by atoms with Crippen molar-refractivity contribution in [1.29, 1.82) is 0 Å². The van der Waals surface area contributed by atoms with Gasteiger partial charge in [-0.2, -0.15) is 0 Å². The van der Waals surface area contributed by atoms with Crippen LogP contribution in [0.15, 0.2) is 82.6 Å². The number of methoxy groups -OCH3 is 1. The molecule has 3 aromatic rings. The number of hydrogen-bond donors (Lipinski definition) is 0. The Hall–Kier alpha value is -2.64. The van der Waals surface area contributed by atoms with Gasteiger partial charge in [0.2, 0.25) is 0 Å². The van der Waals surface area contributed by atoms with Crippen molar-refractivity contribution in [2.24, 2.45) is 0 Å². The lowest BCUT2D eigenvalue weighted by Crippen LogP contribution is -2.35. The predicted molar refractivity (Wildman–Crippen MR) is 140 cm³/mol. The lowest BCUT2D eigenvalue weighted by Gasteiger charge is -2.36. The van der Waals surface area contributed by atoms with Crippen molar-refractivity contribution in [2.45, 2.75) is 28.2 Å². The molecule has 0 aliphatic carbocycles. The van der Waals surface area contributed by atoms with E-state index in [-0.39, 0.29) is 5.82 Å². The van der Waals surface area contributed by atoms with E-state index in [1.807, 2.05) is 68.7 Å². The van der Waals surface area contributed by atoms with Crippen LogP contribution in [0.5, 0.6) is 11.5 Å². The largest absolute Gasteiger partial charge is 0.457 e. The summed E-state index contributed by atoms with van der Waals surface area (Å²) in [6.07, 6.45) is 5.67. The number of rotatable bonds is 9. The van der Waals surface area contributed by atoms with Crippen molar-refractivity contribution in [3.05, 3.63) is 89.8 Å². The van der Waals surface area contributed by atoms with E-state index in [1.165, 1.54) is 11.8 Å². The molecule has 0 bridgehead atoms. The Morgan fingerprint density at radius 1 is 0.943 bits per heavy atom. The summed E-state index contributed by atoms with van der Waals surface area (Å²) >= 11 is 1.52. The van der Waals surface area contributed by atoms with Gasteiger partial charge in [0.05, 0.1) is 5.60 Å². The molecule has 6 heteroatoms. The Kier molecular flexibility index (Phi) is 8.63. The zero-order valence-corrected chi connectivity index (χ0v) is 21.3. The molecule has 0 aromatic heterocycles. The average Bonchev–Trinajstić information content (AvgIpc) is 2.86. The Morgan fingerprint density at radius 2 is 1.60 bits per heavy atom. The second-order valence-corrected chi connectivity index (χ2v) is 10.0. The molecule has 1 fully saturated rings. The van der Waals surface area contributed by atoms with Gasteiger partial charge in [-0.1, -0.05) is 36.0 Å². The van der Waals surface area contributed by atoms with Crippen LogP contribution in [0.3, 0.4) is 0 Å². The van der Waals surface area contributed by atoms with E-state index in [2.05, 4.69) is 17.1 Å². The van der Waals surface area contributed by atoms with E-state index in [1.54, 1.807) is 19.2 Å². The van der Waals surface area contributed by atoms with Crippen molar-refractivity contribution < 1.29 is 18.6 Å². The number of ether oxygens (including phenoxy) is 3. The fourth-order valence-corrected chi connectivity index (χ4v) is 4.99. The molecule has 0 radical (unpaired) electrons. The topological polar surface area (TPSA) is 30.9 Å². The van der Waals surface area contributed by atoms with Crippen LogP contribution in [-0.4, -0.2) is 45.9 Å². The minimum atomic E-state index is -0.495. The third-order valence-electron chi connectivity index (χ3n) is 6.04. The third-order valence-corrected chi connectivity index (χ3v) is 7.02.